The molecule has 0 atom stereocenters. The molecule has 1 aromatic carbocycles. The van der Waals surface area contributed by atoms with Gasteiger partial charge in [-0.25, -0.2) is 0 Å². The first kappa shape index (κ1) is 18.4. The maximum Gasteiger partial charge on any atom is 0.230 e. The second kappa shape index (κ2) is 6.89. The largest absolute Gasteiger partial charge is 0.355 e. The van der Waals surface area contributed by atoms with Gasteiger partial charge in [0, 0.05) is 11.4 Å². The van der Waals surface area contributed by atoms with E-state index in [2.05, 4.69) is 39.1 Å². The molecule has 1 N–H and O–H groups in total. The standard InChI is InChI=1S/C23H33NOS/c1-14-5-15(2)17(4)22(16(14)3)26-12-21(25)24-13-23-9-18-6-19(10-23)8-20(7-18)11-23/h5,18-20H,6-13H2,1-4H3,(H,24,25). The molecular weight excluding hydrogens is 338 g/mol. The van der Waals surface area contributed by atoms with Gasteiger partial charge in [0.25, 0.3) is 0 Å². The average Bonchev–Trinajstić information content (AvgIpc) is 2.57. The van der Waals surface area contributed by atoms with Gasteiger partial charge in [0.2, 0.25) is 5.91 Å². The number of rotatable bonds is 5. The molecule has 0 radical (unpaired) electrons. The highest BCUT2D eigenvalue weighted by Gasteiger charge is 2.50. The van der Waals surface area contributed by atoms with E-state index in [1.807, 2.05) is 0 Å². The van der Waals surface area contributed by atoms with Crippen molar-refractivity contribution < 1.29 is 4.79 Å². The molecule has 5 rings (SSSR count). The minimum atomic E-state index is 0.212. The maximum absolute atomic E-state index is 12.6. The predicted molar refractivity (Wildman–Crippen MR) is 110 cm³/mol. The minimum absolute atomic E-state index is 0.212. The van der Waals surface area contributed by atoms with Gasteiger partial charge < -0.3 is 5.32 Å². The van der Waals surface area contributed by atoms with Crippen molar-refractivity contribution in [2.75, 3.05) is 12.3 Å². The molecule has 0 unspecified atom stereocenters. The van der Waals surface area contributed by atoms with Crippen molar-refractivity contribution in [2.24, 2.45) is 23.2 Å². The molecule has 1 amide bonds. The summed E-state index contributed by atoms with van der Waals surface area (Å²) in [6.45, 7) is 9.60. The normalized spacial score (nSPS) is 32.1. The Morgan fingerprint density at radius 3 is 2.00 bits per heavy atom. The lowest BCUT2D eigenvalue weighted by Crippen LogP contribution is -2.51. The highest BCUT2D eigenvalue weighted by atomic mass is 32.2. The van der Waals surface area contributed by atoms with Crippen molar-refractivity contribution in [3.8, 4) is 0 Å². The molecular formula is C23H33NOS. The molecule has 0 aliphatic heterocycles. The van der Waals surface area contributed by atoms with Crippen molar-refractivity contribution in [1.29, 1.82) is 0 Å². The Hall–Kier alpha value is -0.960. The predicted octanol–water partition coefficient (Wildman–Crippen LogP) is 5.34. The summed E-state index contributed by atoms with van der Waals surface area (Å²) in [6.07, 6.45) is 8.49. The molecule has 0 saturated heterocycles. The van der Waals surface area contributed by atoms with Crippen molar-refractivity contribution in [3.05, 3.63) is 28.3 Å². The van der Waals surface area contributed by atoms with Crippen LogP contribution < -0.4 is 5.32 Å². The number of carbonyl (C=O) groups excluding carboxylic acids is 1. The first-order valence-corrected chi connectivity index (χ1v) is 11.3. The Kier molecular flexibility index (Phi) is 4.88. The summed E-state index contributed by atoms with van der Waals surface area (Å²) in [4.78, 5) is 13.9. The van der Waals surface area contributed by atoms with Crippen LogP contribution in [0, 0.1) is 50.9 Å². The summed E-state index contributed by atoms with van der Waals surface area (Å²) in [5.74, 6) is 3.61. The Labute approximate surface area is 162 Å². The molecule has 4 saturated carbocycles. The number of carbonyl (C=O) groups is 1. The highest BCUT2D eigenvalue weighted by molar-refractivity contribution is 8.00. The van der Waals surface area contributed by atoms with Gasteiger partial charge in [0.05, 0.1) is 5.75 Å². The Morgan fingerprint density at radius 2 is 1.50 bits per heavy atom. The van der Waals surface area contributed by atoms with Crippen LogP contribution in [0.5, 0.6) is 0 Å². The van der Waals surface area contributed by atoms with Crippen LogP contribution in [-0.2, 0) is 4.79 Å². The van der Waals surface area contributed by atoms with E-state index in [1.165, 1.54) is 65.7 Å². The summed E-state index contributed by atoms with van der Waals surface area (Å²) < 4.78 is 0. The highest BCUT2D eigenvalue weighted by Crippen LogP contribution is 2.59. The van der Waals surface area contributed by atoms with Crippen LogP contribution in [0.15, 0.2) is 11.0 Å². The summed E-state index contributed by atoms with van der Waals surface area (Å²) >= 11 is 1.72. The van der Waals surface area contributed by atoms with Gasteiger partial charge in [-0.3, -0.25) is 4.79 Å². The quantitative estimate of drug-likeness (QED) is 0.707. The number of amides is 1. The van der Waals surface area contributed by atoms with E-state index in [4.69, 9.17) is 0 Å². The van der Waals surface area contributed by atoms with Crippen LogP contribution in [0.2, 0.25) is 0 Å². The number of nitrogens with one attached hydrogen (secondary N) is 1. The number of thioether (sulfide) groups is 1. The fourth-order valence-corrected chi connectivity index (χ4v) is 7.51. The lowest BCUT2D eigenvalue weighted by molar-refractivity contribution is -0.120. The van der Waals surface area contributed by atoms with E-state index in [1.54, 1.807) is 11.8 Å². The molecule has 4 aliphatic carbocycles. The van der Waals surface area contributed by atoms with Crippen LogP contribution in [0.4, 0.5) is 0 Å². The third kappa shape index (κ3) is 3.44. The molecule has 3 heteroatoms. The third-order valence-corrected chi connectivity index (χ3v) is 8.78. The molecule has 0 heterocycles. The summed E-state index contributed by atoms with van der Waals surface area (Å²) in [5.41, 5.74) is 5.73. The number of hydrogen-bond donors (Lipinski definition) is 1. The third-order valence-electron chi connectivity index (χ3n) is 7.47. The average molecular weight is 372 g/mol. The van der Waals surface area contributed by atoms with Crippen molar-refractivity contribution >= 4 is 17.7 Å². The van der Waals surface area contributed by atoms with Gasteiger partial charge in [0.15, 0.2) is 0 Å². The van der Waals surface area contributed by atoms with Crippen molar-refractivity contribution in [1.82, 2.24) is 5.32 Å². The number of aryl methyl sites for hydroxylation is 2. The van der Waals surface area contributed by atoms with Crippen LogP contribution >= 0.6 is 11.8 Å². The molecule has 4 aliphatic rings. The second-order valence-corrected chi connectivity index (χ2v) is 10.6. The van der Waals surface area contributed by atoms with Gasteiger partial charge in [-0.2, -0.15) is 0 Å². The Morgan fingerprint density at radius 1 is 1.00 bits per heavy atom. The van der Waals surface area contributed by atoms with E-state index >= 15 is 0 Å². The molecule has 4 bridgehead atoms. The lowest BCUT2D eigenvalue weighted by atomic mass is 9.49. The molecule has 1 aromatic rings. The lowest BCUT2D eigenvalue weighted by Gasteiger charge is -2.56. The monoisotopic (exact) mass is 371 g/mol. The Balaban J connectivity index is 1.34. The fraction of sp³-hybridized carbons (Fsp3) is 0.696. The minimum Gasteiger partial charge on any atom is -0.355 e. The van der Waals surface area contributed by atoms with Crippen molar-refractivity contribution in [3.63, 3.8) is 0 Å². The Bertz CT molecular complexity index is 662. The van der Waals surface area contributed by atoms with Crippen LogP contribution in [0.1, 0.15) is 60.8 Å². The number of benzene rings is 1. The zero-order chi connectivity index (χ0) is 18.5. The number of hydrogen-bond acceptors (Lipinski definition) is 2. The zero-order valence-corrected chi connectivity index (χ0v) is 17.6. The van der Waals surface area contributed by atoms with E-state index < -0.39 is 0 Å². The molecule has 0 aromatic heterocycles. The van der Waals surface area contributed by atoms with E-state index in [9.17, 15) is 4.79 Å². The van der Waals surface area contributed by atoms with E-state index in [0.29, 0.717) is 11.2 Å². The molecule has 26 heavy (non-hydrogen) atoms. The SMILES string of the molecule is Cc1cc(C)c(C)c(SCC(=O)NCC23CC4CC(CC(C4)C2)C3)c1C. The van der Waals surface area contributed by atoms with Gasteiger partial charge in [-0.05, 0) is 112 Å². The van der Waals surface area contributed by atoms with Crippen LogP contribution in [0.3, 0.4) is 0 Å². The van der Waals surface area contributed by atoms with Crippen LogP contribution in [-0.4, -0.2) is 18.2 Å². The van der Waals surface area contributed by atoms with Gasteiger partial charge in [-0.1, -0.05) is 6.07 Å². The smallest absolute Gasteiger partial charge is 0.230 e. The topological polar surface area (TPSA) is 29.1 Å². The van der Waals surface area contributed by atoms with Crippen molar-refractivity contribution in [2.45, 2.75) is 71.1 Å². The van der Waals surface area contributed by atoms with E-state index in [-0.39, 0.29) is 5.91 Å². The second-order valence-electron chi connectivity index (χ2n) is 9.57. The maximum atomic E-state index is 12.6. The summed E-state index contributed by atoms with van der Waals surface area (Å²) in [5, 5.41) is 3.32. The van der Waals surface area contributed by atoms with Crippen LogP contribution in [0.25, 0.3) is 0 Å². The van der Waals surface area contributed by atoms with E-state index in [0.717, 1.165) is 24.3 Å². The zero-order valence-electron chi connectivity index (χ0n) is 16.8. The molecule has 0 spiro atoms. The van der Waals surface area contributed by atoms with Gasteiger partial charge in [0.1, 0.15) is 0 Å². The molecule has 142 valence electrons. The van der Waals surface area contributed by atoms with Gasteiger partial charge >= 0.3 is 0 Å². The molecule has 2 nitrogen and oxygen atoms in total. The van der Waals surface area contributed by atoms with Gasteiger partial charge in [-0.15, -0.1) is 11.8 Å². The first-order chi connectivity index (χ1) is 12.3. The fourth-order valence-electron chi connectivity index (χ4n) is 6.38. The first-order valence-electron chi connectivity index (χ1n) is 10.3. The molecule has 4 fully saturated rings. The summed E-state index contributed by atoms with van der Waals surface area (Å²) in [7, 11) is 0. The summed E-state index contributed by atoms with van der Waals surface area (Å²) in [6, 6.07) is 2.25.